The van der Waals surface area contributed by atoms with E-state index >= 15 is 0 Å². The van der Waals surface area contributed by atoms with Crippen LogP contribution in [0.25, 0.3) is 0 Å². The third kappa shape index (κ3) is 3.51. The number of anilines is 1. The smallest absolute Gasteiger partial charge is 0.323 e. The number of morpholine rings is 1. The highest BCUT2D eigenvalue weighted by atomic mass is 19.1. The van der Waals surface area contributed by atoms with Gasteiger partial charge in [0.05, 0.1) is 18.8 Å². The van der Waals surface area contributed by atoms with Crippen LogP contribution in [0.2, 0.25) is 0 Å². The molecule has 1 aromatic carbocycles. The van der Waals surface area contributed by atoms with Gasteiger partial charge in [0, 0.05) is 25.6 Å². The van der Waals surface area contributed by atoms with E-state index in [4.69, 9.17) is 4.74 Å². The van der Waals surface area contributed by atoms with Crippen molar-refractivity contribution in [2.45, 2.75) is 24.9 Å². The zero-order chi connectivity index (χ0) is 17.4. The summed E-state index contributed by atoms with van der Waals surface area (Å²) in [5.74, 6) is 0.969. The van der Waals surface area contributed by atoms with E-state index in [9.17, 15) is 9.18 Å². The molecule has 25 heavy (non-hydrogen) atoms. The molecular formula is C18H21FN4O2. The highest BCUT2D eigenvalue weighted by molar-refractivity contribution is 5.88. The number of nitrogens with one attached hydrogen (secondary N) is 1. The molecule has 2 heterocycles. The Kier molecular flexibility index (Phi) is 4.17. The third-order valence-electron chi connectivity index (χ3n) is 4.72. The Balaban J connectivity index is 1.42. The number of nitrogens with zero attached hydrogens (tertiary/aromatic N) is 3. The minimum Gasteiger partial charge on any atom is -0.370 e. The second-order valence-corrected chi connectivity index (χ2v) is 6.64. The lowest BCUT2D eigenvalue weighted by Crippen LogP contribution is -2.44. The van der Waals surface area contributed by atoms with Gasteiger partial charge in [0.1, 0.15) is 17.7 Å². The van der Waals surface area contributed by atoms with E-state index in [0.717, 1.165) is 11.3 Å². The molecule has 7 heteroatoms. The van der Waals surface area contributed by atoms with E-state index in [-0.39, 0.29) is 18.0 Å². The minimum absolute atomic E-state index is 0.166. The summed E-state index contributed by atoms with van der Waals surface area (Å²) in [5, 5.41) is 7.40. The first-order valence-corrected chi connectivity index (χ1v) is 8.57. The second kappa shape index (κ2) is 6.48. The summed E-state index contributed by atoms with van der Waals surface area (Å²) in [6.07, 6.45) is 2.11. The Hall–Kier alpha value is -2.41. The van der Waals surface area contributed by atoms with Crippen molar-refractivity contribution in [1.29, 1.82) is 0 Å². The molecule has 0 radical (unpaired) electrons. The van der Waals surface area contributed by atoms with Gasteiger partial charge in [-0.3, -0.25) is 10.00 Å². The predicted octanol–water partition coefficient (Wildman–Crippen LogP) is 3.04. The quantitative estimate of drug-likeness (QED) is 0.931. The van der Waals surface area contributed by atoms with Gasteiger partial charge < -0.3 is 9.64 Å². The lowest BCUT2D eigenvalue weighted by molar-refractivity contribution is -0.0135. The molecule has 2 aromatic rings. The zero-order valence-corrected chi connectivity index (χ0v) is 14.1. The highest BCUT2D eigenvalue weighted by Gasteiger charge is 2.29. The molecule has 1 saturated carbocycles. The molecule has 0 spiro atoms. The number of urea groups is 1. The number of amides is 2. The molecule has 0 unspecified atom stereocenters. The van der Waals surface area contributed by atoms with Crippen LogP contribution < -0.4 is 5.32 Å². The van der Waals surface area contributed by atoms with Gasteiger partial charge in [0.25, 0.3) is 0 Å². The molecule has 2 fully saturated rings. The SMILES string of the molecule is Cn1nc(C2CC2)cc1NC(=O)N1CCO[C@@H](c2ccc(F)cc2)C1. The fourth-order valence-corrected chi connectivity index (χ4v) is 3.09. The monoisotopic (exact) mass is 344 g/mol. The number of hydrogen-bond acceptors (Lipinski definition) is 3. The average molecular weight is 344 g/mol. The minimum atomic E-state index is -0.281. The summed E-state index contributed by atoms with van der Waals surface area (Å²) in [4.78, 5) is 14.3. The summed E-state index contributed by atoms with van der Waals surface area (Å²) in [7, 11) is 1.84. The fraction of sp³-hybridized carbons (Fsp3) is 0.444. The number of hydrogen-bond donors (Lipinski definition) is 1. The number of ether oxygens (including phenoxy) is 1. The Morgan fingerprint density at radius 1 is 1.32 bits per heavy atom. The maximum atomic E-state index is 13.1. The van der Waals surface area contributed by atoms with Crippen molar-refractivity contribution in [3.05, 3.63) is 47.4 Å². The van der Waals surface area contributed by atoms with Crippen LogP contribution >= 0.6 is 0 Å². The number of rotatable bonds is 3. The first-order valence-electron chi connectivity index (χ1n) is 8.57. The molecule has 132 valence electrons. The van der Waals surface area contributed by atoms with Gasteiger partial charge >= 0.3 is 6.03 Å². The van der Waals surface area contributed by atoms with Crippen LogP contribution in [-0.2, 0) is 11.8 Å². The number of halogens is 1. The number of carbonyl (C=O) groups excluding carboxylic acids is 1. The number of aryl methyl sites for hydroxylation is 1. The Bertz CT molecular complexity index is 770. The van der Waals surface area contributed by atoms with Gasteiger partial charge in [-0.25, -0.2) is 9.18 Å². The zero-order valence-electron chi connectivity index (χ0n) is 14.1. The molecule has 4 rings (SSSR count). The number of carbonyl (C=O) groups is 1. The van der Waals surface area contributed by atoms with Crippen LogP contribution in [0.3, 0.4) is 0 Å². The summed E-state index contributed by atoms with van der Waals surface area (Å²) in [6, 6.07) is 8.00. The van der Waals surface area contributed by atoms with Gasteiger partial charge in [-0.05, 0) is 30.5 Å². The molecule has 2 aliphatic rings. The van der Waals surface area contributed by atoms with Gasteiger partial charge in [-0.2, -0.15) is 5.10 Å². The molecule has 1 aliphatic carbocycles. The standard InChI is InChI=1S/C18H21FN4O2/c1-22-17(10-15(21-22)12-2-3-12)20-18(24)23-8-9-25-16(11-23)13-4-6-14(19)7-5-13/h4-7,10,12,16H,2-3,8-9,11H2,1H3,(H,20,24)/t16-/m1/s1. The summed E-state index contributed by atoms with van der Waals surface area (Å²) < 4.78 is 20.5. The van der Waals surface area contributed by atoms with Gasteiger partial charge in [-0.1, -0.05) is 12.1 Å². The lowest BCUT2D eigenvalue weighted by Gasteiger charge is -2.33. The predicted molar refractivity (Wildman–Crippen MR) is 90.9 cm³/mol. The molecule has 2 amide bonds. The van der Waals surface area contributed by atoms with E-state index in [1.165, 1.54) is 25.0 Å². The van der Waals surface area contributed by atoms with Gasteiger partial charge in [0.15, 0.2) is 0 Å². The number of aromatic nitrogens is 2. The van der Waals surface area contributed by atoms with E-state index in [0.29, 0.717) is 31.4 Å². The van der Waals surface area contributed by atoms with Crippen molar-refractivity contribution < 1.29 is 13.9 Å². The van der Waals surface area contributed by atoms with Crippen LogP contribution in [0.4, 0.5) is 15.0 Å². The van der Waals surface area contributed by atoms with E-state index < -0.39 is 0 Å². The van der Waals surface area contributed by atoms with Gasteiger partial charge in [-0.15, -0.1) is 0 Å². The average Bonchev–Trinajstić information content (AvgIpc) is 3.40. The molecule has 0 bridgehead atoms. The largest absolute Gasteiger partial charge is 0.370 e. The Labute approximate surface area is 145 Å². The van der Waals surface area contributed by atoms with E-state index in [1.807, 2.05) is 13.1 Å². The molecule has 1 aromatic heterocycles. The topological polar surface area (TPSA) is 59.4 Å². The van der Waals surface area contributed by atoms with Crippen molar-refractivity contribution in [2.75, 3.05) is 25.0 Å². The highest BCUT2D eigenvalue weighted by Crippen LogP contribution is 2.40. The molecule has 1 atom stereocenters. The molecule has 1 aliphatic heterocycles. The van der Waals surface area contributed by atoms with Crippen LogP contribution in [0.5, 0.6) is 0 Å². The van der Waals surface area contributed by atoms with Crippen molar-refractivity contribution in [1.82, 2.24) is 14.7 Å². The van der Waals surface area contributed by atoms with E-state index in [1.54, 1.807) is 21.7 Å². The molecule has 1 saturated heterocycles. The van der Waals surface area contributed by atoms with Crippen molar-refractivity contribution in [3.63, 3.8) is 0 Å². The van der Waals surface area contributed by atoms with Crippen molar-refractivity contribution >= 4 is 11.8 Å². The van der Waals surface area contributed by atoms with Crippen LogP contribution in [0.1, 0.15) is 36.1 Å². The maximum absolute atomic E-state index is 13.1. The second-order valence-electron chi connectivity index (χ2n) is 6.64. The van der Waals surface area contributed by atoms with Crippen LogP contribution in [-0.4, -0.2) is 40.4 Å². The summed E-state index contributed by atoms with van der Waals surface area (Å²) in [5.41, 5.74) is 1.92. The Morgan fingerprint density at radius 2 is 2.08 bits per heavy atom. The maximum Gasteiger partial charge on any atom is 0.323 e. The molecule has 1 N–H and O–H groups in total. The van der Waals surface area contributed by atoms with Crippen LogP contribution in [0.15, 0.2) is 30.3 Å². The normalized spacial score (nSPS) is 20.6. The molecule has 6 nitrogen and oxygen atoms in total. The lowest BCUT2D eigenvalue weighted by atomic mass is 10.1. The first kappa shape index (κ1) is 16.1. The molecular weight excluding hydrogens is 323 g/mol. The fourth-order valence-electron chi connectivity index (χ4n) is 3.09. The van der Waals surface area contributed by atoms with E-state index in [2.05, 4.69) is 10.4 Å². The van der Waals surface area contributed by atoms with Crippen molar-refractivity contribution in [3.8, 4) is 0 Å². The van der Waals surface area contributed by atoms with Gasteiger partial charge in [0.2, 0.25) is 0 Å². The summed E-state index contributed by atoms with van der Waals surface area (Å²) in [6.45, 7) is 1.41. The number of benzene rings is 1. The van der Waals surface area contributed by atoms with Crippen LogP contribution in [0, 0.1) is 5.82 Å². The third-order valence-corrected chi connectivity index (χ3v) is 4.72. The van der Waals surface area contributed by atoms with Crippen molar-refractivity contribution in [2.24, 2.45) is 7.05 Å². The Morgan fingerprint density at radius 3 is 2.80 bits per heavy atom. The summed E-state index contributed by atoms with van der Waals surface area (Å²) >= 11 is 0. The first-order chi connectivity index (χ1) is 12.1.